The van der Waals surface area contributed by atoms with Crippen molar-refractivity contribution in [2.75, 3.05) is 12.4 Å². The maximum atomic E-state index is 14.3. The number of carbonyl (C=O) groups excluding carboxylic acids is 2. The number of pyridine rings is 1. The molecule has 0 aliphatic rings. The summed E-state index contributed by atoms with van der Waals surface area (Å²) in [6.45, 7) is 1.57. The van der Waals surface area contributed by atoms with Crippen LogP contribution in [0, 0.1) is 24.4 Å². The molecular formula is C22H14F3N3O4. The number of ether oxygens (including phenoxy) is 1. The summed E-state index contributed by atoms with van der Waals surface area (Å²) in [7, 11) is 1.04. The highest BCUT2D eigenvalue weighted by Crippen LogP contribution is 2.29. The zero-order valence-electron chi connectivity index (χ0n) is 16.7. The fourth-order valence-electron chi connectivity index (χ4n) is 3.18. The van der Waals surface area contributed by atoms with Crippen LogP contribution in [0.3, 0.4) is 0 Å². The Kier molecular flexibility index (Phi) is 5.35. The minimum atomic E-state index is -1.14. The number of amides is 1. The number of methoxy groups -OCH3 is 1. The molecule has 0 fully saturated rings. The predicted molar refractivity (Wildman–Crippen MR) is 108 cm³/mol. The summed E-state index contributed by atoms with van der Waals surface area (Å²) in [5, 5.41) is 6.32. The van der Waals surface area contributed by atoms with Crippen molar-refractivity contribution in [2.45, 2.75) is 6.92 Å². The number of fused-ring (bicyclic) bond motifs is 1. The van der Waals surface area contributed by atoms with E-state index in [4.69, 9.17) is 4.52 Å². The first-order valence-electron chi connectivity index (χ1n) is 9.20. The van der Waals surface area contributed by atoms with Crippen molar-refractivity contribution in [3.8, 4) is 11.3 Å². The van der Waals surface area contributed by atoms with Crippen molar-refractivity contribution in [3.63, 3.8) is 0 Å². The minimum Gasteiger partial charge on any atom is -0.465 e. The van der Waals surface area contributed by atoms with Gasteiger partial charge in [-0.15, -0.1) is 0 Å². The number of hydrogen-bond donors (Lipinski definition) is 1. The highest BCUT2D eigenvalue weighted by atomic mass is 19.1. The van der Waals surface area contributed by atoms with Gasteiger partial charge in [0.2, 0.25) is 0 Å². The molecule has 2 aromatic heterocycles. The maximum Gasteiger partial charge on any atom is 0.340 e. The van der Waals surface area contributed by atoms with E-state index in [0.29, 0.717) is 11.8 Å². The van der Waals surface area contributed by atoms with Crippen molar-refractivity contribution >= 4 is 28.7 Å². The molecule has 0 spiro atoms. The van der Waals surface area contributed by atoms with Crippen LogP contribution in [0.4, 0.5) is 18.9 Å². The maximum absolute atomic E-state index is 14.3. The molecule has 0 saturated carbocycles. The van der Waals surface area contributed by atoms with E-state index in [1.165, 1.54) is 24.3 Å². The van der Waals surface area contributed by atoms with Crippen LogP contribution >= 0.6 is 0 Å². The Morgan fingerprint density at radius 2 is 1.75 bits per heavy atom. The van der Waals surface area contributed by atoms with E-state index in [9.17, 15) is 22.8 Å². The normalized spacial score (nSPS) is 10.9. The Labute approximate surface area is 178 Å². The first-order valence-corrected chi connectivity index (χ1v) is 9.20. The summed E-state index contributed by atoms with van der Waals surface area (Å²) in [5.41, 5.74) is -0.545. The minimum absolute atomic E-state index is 0.0248. The second-order valence-electron chi connectivity index (χ2n) is 6.74. The summed E-state index contributed by atoms with van der Waals surface area (Å²) in [6.07, 6.45) is 0. The molecule has 0 atom stereocenters. The van der Waals surface area contributed by atoms with Gasteiger partial charge >= 0.3 is 5.97 Å². The molecule has 0 saturated heterocycles. The first kappa shape index (κ1) is 21.0. The third-order valence-corrected chi connectivity index (χ3v) is 4.72. The molecule has 0 aliphatic heterocycles. The van der Waals surface area contributed by atoms with E-state index in [0.717, 1.165) is 13.2 Å². The van der Waals surface area contributed by atoms with Crippen LogP contribution in [-0.4, -0.2) is 29.1 Å². The van der Waals surface area contributed by atoms with Crippen molar-refractivity contribution in [3.05, 3.63) is 76.7 Å². The number of nitrogens with one attached hydrogen (secondary N) is 1. The number of aryl methyl sites for hydroxylation is 1. The van der Waals surface area contributed by atoms with E-state index in [2.05, 4.69) is 20.2 Å². The standard InChI is InChI=1S/C22H14F3N3O4/c1-10-19-13(8-17(27-21(19)32-28-10)11-5-3-4-6-14(11)23)20(29)26-18-7-12(22(30)31-2)15(24)9-16(18)25/h3-9H,1-2H3,(H,26,29). The van der Waals surface area contributed by atoms with Gasteiger partial charge in [-0.1, -0.05) is 17.3 Å². The lowest BCUT2D eigenvalue weighted by Gasteiger charge is -2.11. The van der Waals surface area contributed by atoms with Crippen molar-refractivity contribution in [1.29, 1.82) is 0 Å². The van der Waals surface area contributed by atoms with E-state index < -0.39 is 40.6 Å². The Morgan fingerprint density at radius 1 is 1.00 bits per heavy atom. The van der Waals surface area contributed by atoms with Gasteiger partial charge in [-0.05, 0) is 31.2 Å². The molecule has 0 unspecified atom stereocenters. The summed E-state index contributed by atoms with van der Waals surface area (Å²) >= 11 is 0. The molecule has 10 heteroatoms. The van der Waals surface area contributed by atoms with Crippen molar-refractivity contribution in [1.82, 2.24) is 10.1 Å². The molecule has 7 nitrogen and oxygen atoms in total. The number of rotatable bonds is 4. The SMILES string of the molecule is COC(=O)c1cc(NC(=O)c2cc(-c3ccccc3F)nc3onc(C)c23)c(F)cc1F. The third kappa shape index (κ3) is 3.66. The number of benzene rings is 2. The molecule has 162 valence electrons. The summed E-state index contributed by atoms with van der Waals surface area (Å²) in [5.74, 6) is -4.70. The van der Waals surface area contributed by atoms with Crippen LogP contribution in [0.5, 0.6) is 0 Å². The molecular weight excluding hydrogens is 427 g/mol. The lowest BCUT2D eigenvalue weighted by molar-refractivity contribution is 0.0595. The highest BCUT2D eigenvalue weighted by Gasteiger charge is 2.23. The van der Waals surface area contributed by atoms with Gasteiger partial charge in [0.05, 0.1) is 40.7 Å². The van der Waals surface area contributed by atoms with Gasteiger partial charge in [0, 0.05) is 11.6 Å². The second-order valence-corrected chi connectivity index (χ2v) is 6.74. The zero-order chi connectivity index (χ0) is 23.0. The average Bonchev–Trinajstić information content (AvgIpc) is 3.15. The molecule has 4 aromatic rings. The molecule has 4 rings (SSSR count). The lowest BCUT2D eigenvalue weighted by atomic mass is 10.0. The lowest BCUT2D eigenvalue weighted by Crippen LogP contribution is -2.16. The first-order chi connectivity index (χ1) is 15.3. The molecule has 32 heavy (non-hydrogen) atoms. The molecule has 2 heterocycles. The molecule has 0 radical (unpaired) electrons. The molecule has 2 aromatic carbocycles. The van der Waals surface area contributed by atoms with Gasteiger partial charge in [-0.2, -0.15) is 0 Å². The van der Waals surface area contributed by atoms with E-state index in [-0.39, 0.29) is 27.9 Å². The Morgan fingerprint density at radius 3 is 2.47 bits per heavy atom. The van der Waals surface area contributed by atoms with Crippen LogP contribution in [0.25, 0.3) is 22.4 Å². The Hall–Kier alpha value is -4.21. The van der Waals surface area contributed by atoms with E-state index in [1.807, 2.05) is 0 Å². The van der Waals surface area contributed by atoms with Gasteiger partial charge in [-0.3, -0.25) is 4.79 Å². The summed E-state index contributed by atoms with van der Waals surface area (Å²) in [6, 6.07) is 8.39. The van der Waals surface area contributed by atoms with E-state index >= 15 is 0 Å². The molecule has 0 bridgehead atoms. The second kappa shape index (κ2) is 8.14. The quantitative estimate of drug-likeness (QED) is 0.463. The zero-order valence-corrected chi connectivity index (χ0v) is 16.7. The number of halogens is 3. The number of anilines is 1. The van der Waals surface area contributed by atoms with Gasteiger partial charge in [-0.25, -0.2) is 22.9 Å². The van der Waals surface area contributed by atoms with Crippen LogP contribution in [0.15, 0.2) is 47.0 Å². The van der Waals surface area contributed by atoms with Gasteiger partial charge in [0.25, 0.3) is 11.6 Å². The average molecular weight is 441 g/mol. The fourth-order valence-corrected chi connectivity index (χ4v) is 3.18. The van der Waals surface area contributed by atoms with Gasteiger partial charge in [0.1, 0.15) is 17.5 Å². The van der Waals surface area contributed by atoms with Crippen molar-refractivity contribution < 1.29 is 32.0 Å². The fraction of sp³-hybridized carbons (Fsp3) is 0.0909. The molecule has 1 amide bonds. The molecule has 1 N–H and O–H groups in total. The van der Waals surface area contributed by atoms with Crippen LogP contribution in [-0.2, 0) is 4.74 Å². The topological polar surface area (TPSA) is 94.3 Å². The van der Waals surface area contributed by atoms with Gasteiger partial charge in [0.15, 0.2) is 0 Å². The van der Waals surface area contributed by atoms with Crippen LogP contribution < -0.4 is 5.32 Å². The smallest absolute Gasteiger partial charge is 0.340 e. The monoisotopic (exact) mass is 441 g/mol. The largest absolute Gasteiger partial charge is 0.465 e. The number of hydrogen-bond acceptors (Lipinski definition) is 6. The highest BCUT2D eigenvalue weighted by molar-refractivity contribution is 6.13. The summed E-state index contributed by atoms with van der Waals surface area (Å²) in [4.78, 5) is 29.0. The molecule has 0 aliphatic carbocycles. The van der Waals surface area contributed by atoms with Crippen LogP contribution in [0.2, 0.25) is 0 Å². The van der Waals surface area contributed by atoms with E-state index in [1.54, 1.807) is 13.0 Å². The number of aromatic nitrogens is 2. The number of carbonyl (C=O) groups is 2. The van der Waals surface area contributed by atoms with Gasteiger partial charge < -0.3 is 14.6 Å². The summed E-state index contributed by atoms with van der Waals surface area (Å²) < 4.78 is 52.1. The Bertz CT molecular complexity index is 1380. The third-order valence-electron chi connectivity index (χ3n) is 4.72. The van der Waals surface area contributed by atoms with Crippen molar-refractivity contribution in [2.24, 2.45) is 0 Å². The Balaban J connectivity index is 1.82. The predicted octanol–water partition coefficient (Wildman–Crippen LogP) is 4.65. The number of esters is 1. The van der Waals surface area contributed by atoms with Crippen LogP contribution in [0.1, 0.15) is 26.4 Å². The number of nitrogens with zero attached hydrogens (tertiary/aromatic N) is 2.